The molecule has 0 spiro atoms. The first-order valence-corrected chi connectivity index (χ1v) is 7.27. The standard InChI is InChI=1S/C15H18N4O/c20-15(17-13-10-18-7-5-11(13)6-8-18)19-14-4-2-1-3-12(14)9-16-19/h1-4,9,11,13H,5-8,10H2,(H,17,20)/t13-/m0/s1. The maximum atomic E-state index is 12.4. The van der Waals surface area contributed by atoms with Crippen molar-refractivity contribution >= 4 is 16.9 Å². The van der Waals surface area contributed by atoms with Crippen molar-refractivity contribution in [1.29, 1.82) is 0 Å². The van der Waals surface area contributed by atoms with Gasteiger partial charge in [-0.15, -0.1) is 0 Å². The van der Waals surface area contributed by atoms with Gasteiger partial charge in [0.05, 0.1) is 11.7 Å². The molecule has 0 radical (unpaired) electrons. The molecule has 3 aliphatic heterocycles. The first-order chi connectivity index (χ1) is 9.81. The maximum Gasteiger partial charge on any atom is 0.342 e. The molecule has 3 fully saturated rings. The molecule has 0 saturated carbocycles. The van der Waals surface area contributed by atoms with E-state index in [1.165, 1.54) is 30.6 Å². The summed E-state index contributed by atoms with van der Waals surface area (Å²) in [5, 5.41) is 8.38. The van der Waals surface area contributed by atoms with Gasteiger partial charge in [-0.25, -0.2) is 4.79 Å². The highest BCUT2D eigenvalue weighted by Gasteiger charge is 2.35. The Labute approximate surface area is 117 Å². The van der Waals surface area contributed by atoms with Crippen molar-refractivity contribution in [2.24, 2.45) is 5.92 Å². The van der Waals surface area contributed by atoms with E-state index < -0.39 is 0 Å². The minimum atomic E-state index is -0.107. The monoisotopic (exact) mass is 270 g/mol. The molecule has 0 aliphatic carbocycles. The molecule has 1 N–H and O–H groups in total. The lowest BCUT2D eigenvalue weighted by molar-refractivity contribution is 0.0766. The van der Waals surface area contributed by atoms with Crippen molar-refractivity contribution < 1.29 is 4.79 Å². The molecule has 5 nitrogen and oxygen atoms in total. The van der Waals surface area contributed by atoms with Crippen LogP contribution in [0.4, 0.5) is 4.79 Å². The molecule has 1 atom stereocenters. The number of para-hydroxylation sites is 1. The fourth-order valence-electron chi connectivity index (χ4n) is 3.48. The summed E-state index contributed by atoms with van der Waals surface area (Å²) in [5.74, 6) is 0.630. The Kier molecular flexibility index (Phi) is 2.73. The van der Waals surface area contributed by atoms with Crippen LogP contribution in [0.1, 0.15) is 12.8 Å². The van der Waals surface area contributed by atoms with Crippen LogP contribution in [-0.4, -0.2) is 46.4 Å². The summed E-state index contributed by atoms with van der Waals surface area (Å²) >= 11 is 0. The van der Waals surface area contributed by atoms with Crippen molar-refractivity contribution in [2.45, 2.75) is 18.9 Å². The van der Waals surface area contributed by atoms with Gasteiger partial charge < -0.3 is 10.2 Å². The summed E-state index contributed by atoms with van der Waals surface area (Å²) in [5.41, 5.74) is 0.867. The van der Waals surface area contributed by atoms with E-state index in [4.69, 9.17) is 0 Å². The van der Waals surface area contributed by atoms with Gasteiger partial charge in [-0.3, -0.25) is 0 Å². The van der Waals surface area contributed by atoms with Crippen LogP contribution in [0.25, 0.3) is 10.9 Å². The smallest absolute Gasteiger partial charge is 0.332 e. The van der Waals surface area contributed by atoms with Gasteiger partial charge in [0.15, 0.2) is 0 Å². The fourth-order valence-corrected chi connectivity index (χ4v) is 3.48. The van der Waals surface area contributed by atoms with E-state index in [1.807, 2.05) is 24.3 Å². The minimum absolute atomic E-state index is 0.107. The number of nitrogens with zero attached hydrogens (tertiary/aromatic N) is 3. The summed E-state index contributed by atoms with van der Waals surface area (Å²) in [6.45, 7) is 3.35. The number of amides is 1. The van der Waals surface area contributed by atoms with Gasteiger partial charge in [0.25, 0.3) is 0 Å². The third kappa shape index (κ3) is 1.89. The predicted octanol–water partition coefficient (Wildman–Crippen LogP) is 1.69. The summed E-state index contributed by atoms with van der Waals surface area (Å²) in [7, 11) is 0. The summed E-state index contributed by atoms with van der Waals surface area (Å²) in [6, 6.07) is 7.96. The van der Waals surface area contributed by atoms with Gasteiger partial charge in [0.2, 0.25) is 0 Å². The molecular formula is C15H18N4O. The van der Waals surface area contributed by atoms with E-state index in [0.717, 1.165) is 17.4 Å². The second kappa shape index (κ2) is 4.59. The second-order valence-corrected chi connectivity index (χ2v) is 5.81. The van der Waals surface area contributed by atoms with Crippen LogP contribution < -0.4 is 5.32 Å². The maximum absolute atomic E-state index is 12.4. The van der Waals surface area contributed by atoms with Gasteiger partial charge in [-0.1, -0.05) is 18.2 Å². The summed E-state index contributed by atoms with van der Waals surface area (Å²) < 4.78 is 1.48. The highest BCUT2D eigenvalue weighted by atomic mass is 16.2. The first kappa shape index (κ1) is 11.9. The molecule has 104 valence electrons. The number of carbonyl (C=O) groups is 1. The number of piperidine rings is 3. The lowest BCUT2D eigenvalue weighted by Crippen LogP contribution is -2.57. The van der Waals surface area contributed by atoms with E-state index in [9.17, 15) is 4.79 Å². The number of nitrogens with one attached hydrogen (secondary N) is 1. The number of carbonyl (C=O) groups excluding carboxylic acids is 1. The van der Waals surface area contributed by atoms with Gasteiger partial charge >= 0.3 is 6.03 Å². The highest BCUT2D eigenvalue weighted by Crippen LogP contribution is 2.27. The van der Waals surface area contributed by atoms with Crippen LogP contribution >= 0.6 is 0 Å². The lowest BCUT2D eigenvalue weighted by atomic mass is 9.84. The number of hydrogen-bond donors (Lipinski definition) is 1. The quantitative estimate of drug-likeness (QED) is 0.858. The molecule has 1 aromatic carbocycles. The van der Waals surface area contributed by atoms with E-state index in [-0.39, 0.29) is 12.1 Å². The fraction of sp³-hybridized carbons (Fsp3) is 0.467. The number of aromatic nitrogens is 2. The van der Waals surface area contributed by atoms with Crippen LogP contribution in [0, 0.1) is 5.92 Å². The Hall–Kier alpha value is -1.88. The molecule has 4 heterocycles. The molecule has 1 aromatic heterocycles. The number of rotatable bonds is 1. The molecule has 2 aromatic rings. The van der Waals surface area contributed by atoms with E-state index in [1.54, 1.807) is 6.20 Å². The largest absolute Gasteiger partial charge is 0.342 e. The zero-order valence-corrected chi connectivity index (χ0v) is 11.3. The van der Waals surface area contributed by atoms with Gasteiger partial charge in [-0.2, -0.15) is 9.78 Å². The molecule has 2 bridgehead atoms. The van der Waals surface area contributed by atoms with Gasteiger partial charge in [0, 0.05) is 18.0 Å². The normalized spacial score (nSPS) is 28.7. The van der Waals surface area contributed by atoms with Crippen LogP contribution in [0.3, 0.4) is 0 Å². The highest BCUT2D eigenvalue weighted by molar-refractivity contribution is 5.89. The van der Waals surface area contributed by atoms with Crippen molar-refractivity contribution in [3.8, 4) is 0 Å². The Morgan fingerprint density at radius 1 is 1.25 bits per heavy atom. The average molecular weight is 270 g/mol. The molecular weight excluding hydrogens is 252 g/mol. The number of fused-ring (bicyclic) bond motifs is 4. The molecule has 5 rings (SSSR count). The van der Waals surface area contributed by atoms with E-state index in [0.29, 0.717) is 5.92 Å². The Bertz CT molecular complexity index is 642. The Balaban J connectivity index is 1.56. The molecule has 5 heteroatoms. The van der Waals surface area contributed by atoms with Gasteiger partial charge in [-0.05, 0) is 37.9 Å². The molecule has 0 unspecified atom stereocenters. The van der Waals surface area contributed by atoms with Crippen LogP contribution in [-0.2, 0) is 0 Å². The van der Waals surface area contributed by atoms with E-state index >= 15 is 0 Å². The van der Waals surface area contributed by atoms with E-state index in [2.05, 4.69) is 15.3 Å². The Morgan fingerprint density at radius 3 is 2.80 bits per heavy atom. The van der Waals surface area contributed by atoms with Crippen molar-refractivity contribution in [3.63, 3.8) is 0 Å². The molecule has 1 amide bonds. The lowest BCUT2D eigenvalue weighted by Gasteiger charge is -2.44. The topological polar surface area (TPSA) is 50.2 Å². The number of benzene rings is 1. The number of hydrogen-bond acceptors (Lipinski definition) is 3. The molecule has 3 aliphatic rings. The second-order valence-electron chi connectivity index (χ2n) is 5.81. The van der Waals surface area contributed by atoms with Crippen LogP contribution in [0.15, 0.2) is 30.5 Å². The predicted molar refractivity (Wildman–Crippen MR) is 76.6 cm³/mol. The summed E-state index contributed by atoms with van der Waals surface area (Å²) in [4.78, 5) is 14.9. The zero-order valence-electron chi connectivity index (χ0n) is 11.3. The zero-order chi connectivity index (χ0) is 13.5. The molecule has 3 saturated heterocycles. The first-order valence-electron chi connectivity index (χ1n) is 7.27. The third-order valence-corrected chi connectivity index (χ3v) is 4.63. The van der Waals surface area contributed by atoms with Gasteiger partial charge in [0.1, 0.15) is 0 Å². The average Bonchev–Trinajstić information content (AvgIpc) is 2.92. The van der Waals surface area contributed by atoms with Crippen molar-refractivity contribution in [1.82, 2.24) is 20.0 Å². The van der Waals surface area contributed by atoms with Crippen molar-refractivity contribution in [2.75, 3.05) is 19.6 Å². The van der Waals surface area contributed by atoms with Crippen LogP contribution in [0.2, 0.25) is 0 Å². The van der Waals surface area contributed by atoms with Crippen LogP contribution in [0.5, 0.6) is 0 Å². The SMILES string of the molecule is O=C(N[C@H]1CN2CCC1CC2)n1ncc2ccccc21. The summed E-state index contributed by atoms with van der Waals surface area (Å²) in [6.07, 6.45) is 4.14. The molecule has 20 heavy (non-hydrogen) atoms. The third-order valence-electron chi connectivity index (χ3n) is 4.63. The Morgan fingerprint density at radius 2 is 2.05 bits per heavy atom. The van der Waals surface area contributed by atoms with Crippen molar-refractivity contribution in [3.05, 3.63) is 30.5 Å². The minimum Gasteiger partial charge on any atom is -0.332 e.